The van der Waals surface area contributed by atoms with Crippen molar-refractivity contribution in [3.05, 3.63) is 29.3 Å². The van der Waals surface area contributed by atoms with E-state index in [0.717, 1.165) is 25.1 Å². The molecule has 0 saturated carbocycles. The van der Waals surface area contributed by atoms with Crippen molar-refractivity contribution in [1.82, 2.24) is 0 Å². The lowest BCUT2D eigenvalue weighted by Gasteiger charge is -2.30. The molecule has 1 aromatic rings. The number of hydrogen-bond acceptors (Lipinski definition) is 1. The lowest BCUT2D eigenvalue weighted by atomic mass is 10.1. The van der Waals surface area contributed by atoms with Gasteiger partial charge in [0.2, 0.25) is 5.91 Å². The smallest absolute Gasteiger partial charge is 0.240 e. The summed E-state index contributed by atoms with van der Waals surface area (Å²) in [6, 6.07) is 7.45. The molecule has 1 saturated heterocycles. The van der Waals surface area contributed by atoms with Crippen LogP contribution in [0.2, 0.25) is 5.02 Å². The third kappa shape index (κ3) is 2.18. The predicted molar refractivity (Wildman–Crippen MR) is 65.8 cm³/mol. The molecular weight excluding hydrogens is 277 g/mol. The van der Waals surface area contributed by atoms with Gasteiger partial charge in [0.25, 0.3) is 0 Å². The van der Waals surface area contributed by atoms with Crippen molar-refractivity contribution in [1.29, 1.82) is 0 Å². The van der Waals surface area contributed by atoms with Crippen molar-refractivity contribution in [2.24, 2.45) is 0 Å². The fourth-order valence-corrected chi connectivity index (χ4v) is 2.55. The van der Waals surface area contributed by atoms with Crippen molar-refractivity contribution in [2.45, 2.75) is 17.7 Å². The van der Waals surface area contributed by atoms with Gasteiger partial charge in [-0.2, -0.15) is 0 Å². The number of carbonyl (C=O) groups excluding carboxylic acids is 1. The maximum Gasteiger partial charge on any atom is 0.240 e. The Morgan fingerprint density at radius 2 is 2.13 bits per heavy atom. The lowest BCUT2D eigenvalue weighted by Crippen LogP contribution is -2.41. The summed E-state index contributed by atoms with van der Waals surface area (Å²) in [7, 11) is 0. The van der Waals surface area contributed by atoms with E-state index in [1.54, 1.807) is 4.90 Å². The van der Waals surface area contributed by atoms with Crippen LogP contribution in [0.5, 0.6) is 0 Å². The first kappa shape index (κ1) is 11.0. The van der Waals surface area contributed by atoms with E-state index in [1.807, 2.05) is 24.3 Å². The van der Waals surface area contributed by atoms with E-state index in [0.29, 0.717) is 5.02 Å². The molecular formula is C11H11BrClNO. The highest BCUT2D eigenvalue weighted by atomic mass is 79.9. The van der Waals surface area contributed by atoms with Crippen molar-refractivity contribution in [3.8, 4) is 0 Å². The van der Waals surface area contributed by atoms with Gasteiger partial charge in [-0.15, -0.1) is 0 Å². The number of piperidine rings is 1. The Morgan fingerprint density at radius 3 is 2.87 bits per heavy atom. The molecule has 0 N–H and O–H groups in total. The number of carbonyl (C=O) groups is 1. The summed E-state index contributed by atoms with van der Waals surface area (Å²) < 4.78 is 0. The van der Waals surface area contributed by atoms with Crippen molar-refractivity contribution < 1.29 is 4.79 Å². The third-order valence-corrected chi connectivity index (χ3v) is 3.69. The molecule has 0 bridgehead atoms. The Morgan fingerprint density at radius 1 is 1.40 bits per heavy atom. The number of amides is 1. The fourth-order valence-electron chi connectivity index (χ4n) is 1.74. The monoisotopic (exact) mass is 287 g/mol. The van der Waals surface area contributed by atoms with Gasteiger partial charge in [0.15, 0.2) is 0 Å². The van der Waals surface area contributed by atoms with Gasteiger partial charge in [0.05, 0.1) is 15.5 Å². The second-order valence-electron chi connectivity index (χ2n) is 3.55. The standard InChI is InChI=1S/C11H11BrClNO/c12-8-4-3-7-14(11(8)15)10-6-2-1-5-9(10)13/h1-2,5-6,8H,3-4,7H2/t8-/m1/s1. The average Bonchev–Trinajstić information content (AvgIpc) is 2.23. The van der Waals surface area contributed by atoms with Crippen LogP contribution in [0.15, 0.2) is 24.3 Å². The van der Waals surface area contributed by atoms with Crippen LogP contribution in [-0.2, 0) is 4.79 Å². The molecule has 1 heterocycles. The maximum absolute atomic E-state index is 11.9. The highest BCUT2D eigenvalue weighted by molar-refractivity contribution is 9.10. The second-order valence-corrected chi connectivity index (χ2v) is 5.06. The van der Waals surface area contributed by atoms with E-state index in [9.17, 15) is 4.79 Å². The first-order valence-electron chi connectivity index (χ1n) is 4.90. The average molecular weight is 289 g/mol. The summed E-state index contributed by atoms with van der Waals surface area (Å²) in [5.41, 5.74) is 0.813. The maximum atomic E-state index is 11.9. The normalized spacial score (nSPS) is 21.9. The highest BCUT2D eigenvalue weighted by Crippen LogP contribution is 2.30. The summed E-state index contributed by atoms with van der Waals surface area (Å²) in [5, 5.41) is 0.632. The van der Waals surface area contributed by atoms with E-state index in [2.05, 4.69) is 15.9 Å². The zero-order valence-electron chi connectivity index (χ0n) is 8.12. The summed E-state index contributed by atoms with van der Waals surface area (Å²) in [6.07, 6.45) is 1.91. The molecule has 2 nitrogen and oxygen atoms in total. The number of rotatable bonds is 1. The van der Waals surface area contributed by atoms with Crippen LogP contribution in [0, 0.1) is 0 Å². The van der Waals surface area contributed by atoms with Crippen LogP contribution in [-0.4, -0.2) is 17.3 Å². The minimum atomic E-state index is -0.0671. The number of hydrogen-bond donors (Lipinski definition) is 0. The largest absolute Gasteiger partial charge is 0.310 e. The molecule has 0 aromatic heterocycles. The summed E-state index contributed by atoms with van der Waals surface area (Å²) in [5.74, 6) is 0.106. The number of alkyl halides is 1. The predicted octanol–water partition coefficient (Wildman–Crippen LogP) is 3.23. The molecule has 0 aliphatic carbocycles. The molecule has 0 radical (unpaired) electrons. The van der Waals surface area contributed by atoms with Crippen molar-refractivity contribution >= 4 is 39.1 Å². The molecule has 1 amide bonds. The van der Waals surface area contributed by atoms with Gasteiger partial charge in [0.1, 0.15) is 0 Å². The van der Waals surface area contributed by atoms with Crippen LogP contribution in [0.3, 0.4) is 0 Å². The summed E-state index contributed by atoms with van der Waals surface area (Å²) in [4.78, 5) is 13.6. The van der Waals surface area contributed by atoms with E-state index < -0.39 is 0 Å². The van der Waals surface area contributed by atoms with E-state index in [-0.39, 0.29) is 10.7 Å². The first-order chi connectivity index (χ1) is 7.20. The molecule has 2 rings (SSSR count). The first-order valence-corrected chi connectivity index (χ1v) is 6.19. The van der Waals surface area contributed by atoms with Crippen LogP contribution >= 0.6 is 27.5 Å². The van der Waals surface area contributed by atoms with Gasteiger partial charge < -0.3 is 4.90 Å². The van der Waals surface area contributed by atoms with Crippen LogP contribution in [0.4, 0.5) is 5.69 Å². The molecule has 1 aliphatic heterocycles. The Kier molecular flexibility index (Phi) is 3.32. The van der Waals surface area contributed by atoms with E-state index >= 15 is 0 Å². The third-order valence-electron chi connectivity index (χ3n) is 2.52. The van der Waals surface area contributed by atoms with Gasteiger partial charge in [0, 0.05) is 6.54 Å². The van der Waals surface area contributed by atoms with Crippen LogP contribution in [0.1, 0.15) is 12.8 Å². The Balaban J connectivity index is 2.30. The molecule has 1 atom stereocenters. The molecule has 1 aromatic carbocycles. The van der Waals surface area contributed by atoms with Crippen LogP contribution < -0.4 is 4.90 Å². The number of halogens is 2. The van der Waals surface area contributed by atoms with Gasteiger partial charge in [-0.3, -0.25) is 4.79 Å². The zero-order valence-corrected chi connectivity index (χ0v) is 10.5. The lowest BCUT2D eigenvalue weighted by molar-refractivity contribution is -0.118. The molecule has 4 heteroatoms. The van der Waals surface area contributed by atoms with Gasteiger partial charge in [-0.1, -0.05) is 39.7 Å². The zero-order chi connectivity index (χ0) is 10.8. The highest BCUT2D eigenvalue weighted by Gasteiger charge is 2.28. The van der Waals surface area contributed by atoms with Crippen molar-refractivity contribution in [3.63, 3.8) is 0 Å². The fraction of sp³-hybridized carbons (Fsp3) is 0.364. The topological polar surface area (TPSA) is 20.3 Å². The van der Waals surface area contributed by atoms with Gasteiger partial charge in [-0.05, 0) is 25.0 Å². The Hall–Kier alpha value is -0.540. The molecule has 0 unspecified atom stereocenters. The Bertz CT molecular complexity index is 383. The molecule has 1 fully saturated rings. The molecule has 80 valence electrons. The van der Waals surface area contributed by atoms with Crippen LogP contribution in [0.25, 0.3) is 0 Å². The second kappa shape index (κ2) is 4.54. The number of anilines is 1. The van der Waals surface area contributed by atoms with Gasteiger partial charge in [-0.25, -0.2) is 0 Å². The quantitative estimate of drug-likeness (QED) is 0.727. The Labute approximate surface area is 102 Å². The summed E-state index contributed by atoms with van der Waals surface area (Å²) >= 11 is 9.44. The minimum Gasteiger partial charge on any atom is -0.310 e. The number of nitrogens with zero attached hydrogens (tertiary/aromatic N) is 1. The minimum absolute atomic E-state index is 0.0671. The van der Waals surface area contributed by atoms with E-state index in [4.69, 9.17) is 11.6 Å². The summed E-state index contributed by atoms with van der Waals surface area (Å²) in [6.45, 7) is 0.755. The molecule has 0 spiro atoms. The van der Waals surface area contributed by atoms with Crippen molar-refractivity contribution in [2.75, 3.05) is 11.4 Å². The number of benzene rings is 1. The SMILES string of the molecule is O=C1[C@H](Br)CCCN1c1ccccc1Cl. The number of para-hydroxylation sites is 1. The van der Waals surface area contributed by atoms with E-state index in [1.165, 1.54) is 0 Å². The molecule has 15 heavy (non-hydrogen) atoms. The van der Waals surface area contributed by atoms with Gasteiger partial charge >= 0.3 is 0 Å². The molecule has 1 aliphatic rings.